The van der Waals surface area contributed by atoms with E-state index in [-0.39, 0.29) is 12.1 Å². The summed E-state index contributed by atoms with van der Waals surface area (Å²) in [4.78, 5) is 29.9. The van der Waals surface area contributed by atoms with Crippen molar-refractivity contribution in [3.63, 3.8) is 0 Å². The lowest BCUT2D eigenvalue weighted by Gasteiger charge is -2.16. The molecule has 0 aromatic carbocycles. The van der Waals surface area contributed by atoms with Crippen LogP contribution >= 0.6 is 0 Å². The Hall–Kier alpha value is -1.85. The molecular formula is C16H28O6. The van der Waals surface area contributed by atoms with Crippen molar-refractivity contribution in [3.05, 3.63) is 12.2 Å². The van der Waals surface area contributed by atoms with Crippen LogP contribution in [0.1, 0.15) is 65.7 Å². The number of hydrogen-bond donors (Lipinski definition) is 2. The van der Waals surface area contributed by atoms with E-state index in [1.807, 2.05) is 0 Å². The molecule has 0 aromatic heterocycles. The fourth-order valence-corrected chi connectivity index (χ4v) is 1.69. The predicted molar refractivity (Wildman–Crippen MR) is 83.6 cm³/mol. The number of hydrogen-bond acceptors (Lipinski definition) is 4. The van der Waals surface area contributed by atoms with Crippen LogP contribution in [0, 0.1) is 0 Å². The van der Waals surface area contributed by atoms with Crippen LogP contribution in [0.5, 0.6) is 0 Å². The standard InChI is InChI=1S/C12H24O2.C4H4O4/c1-4-6-8-10-12(9-7-5-2)14-11(3)13;5-3(6)1-2-4(7)8/h12H,4-10H2,1-3H3;1-2H,(H,5,6)(H,7,8)/b;2-1+. The van der Waals surface area contributed by atoms with Crippen LogP contribution in [0.25, 0.3) is 0 Å². The monoisotopic (exact) mass is 316 g/mol. The number of carboxylic acid groups (broad SMARTS) is 2. The minimum absolute atomic E-state index is 0.136. The highest BCUT2D eigenvalue weighted by Crippen LogP contribution is 2.13. The van der Waals surface area contributed by atoms with E-state index >= 15 is 0 Å². The first-order chi connectivity index (χ1) is 10.3. The van der Waals surface area contributed by atoms with E-state index in [0.29, 0.717) is 12.2 Å². The van der Waals surface area contributed by atoms with Crippen molar-refractivity contribution in [3.8, 4) is 0 Å². The molecule has 0 aliphatic carbocycles. The Balaban J connectivity index is 0. The van der Waals surface area contributed by atoms with E-state index in [1.165, 1.54) is 32.6 Å². The first kappa shape index (κ1) is 22.4. The summed E-state index contributed by atoms with van der Waals surface area (Å²) in [6, 6.07) is 0. The van der Waals surface area contributed by atoms with Crippen LogP contribution in [-0.4, -0.2) is 34.2 Å². The summed E-state index contributed by atoms with van der Waals surface area (Å²) in [5, 5.41) is 15.6. The van der Waals surface area contributed by atoms with Crippen molar-refractivity contribution in [2.24, 2.45) is 0 Å². The van der Waals surface area contributed by atoms with Crippen molar-refractivity contribution in [2.75, 3.05) is 0 Å². The maximum absolute atomic E-state index is 10.8. The molecule has 6 nitrogen and oxygen atoms in total. The van der Waals surface area contributed by atoms with Crippen LogP contribution in [0.2, 0.25) is 0 Å². The Labute approximate surface area is 132 Å². The van der Waals surface area contributed by atoms with Gasteiger partial charge in [0.2, 0.25) is 0 Å². The smallest absolute Gasteiger partial charge is 0.328 e. The predicted octanol–water partition coefficient (Wildman–Crippen LogP) is 3.40. The van der Waals surface area contributed by atoms with Crippen molar-refractivity contribution in [2.45, 2.75) is 71.8 Å². The minimum Gasteiger partial charge on any atom is -0.478 e. The molecule has 6 heteroatoms. The molecule has 22 heavy (non-hydrogen) atoms. The summed E-state index contributed by atoms with van der Waals surface area (Å²) in [5.74, 6) is -2.65. The SMILES string of the molecule is CCCCCC(CCCC)OC(C)=O.O=C(O)/C=C/C(=O)O. The molecule has 0 aliphatic rings. The number of ether oxygens (including phenoxy) is 1. The molecule has 0 aliphatic heterocycles. The molecule has 1 unspecified atom stereocenters. The lowest BCUT2D eigenvalue weighted by Crippen LogP contribution is -2.16. The number of esters is 1. The second kappa shape index (κ2) is 15.5. The van der Waals surface area contributed by atoms with E-state index in [9.17, 15) is 14.4 Å². The molecule has 0 amide bonds. The van der Waals surface area contributed by atoms with Gasteiger partial charge in [-0.3, -0.25) is 4.79 Å². The molecule has 0 saturated carbocycles. The van der Waals surface area contributed by atoms with Crippen molar-refractivity contribution < 1.29 is 29.3 Å². The van der Waals surface area contributed by atoms with Gasteiger partial charge in [0.05, 0.1) is 0 Å². The lowest BCUT2D eigenvalue weighted by molar-refractivity contribution is -0.147. The summed E-state index contributed by atoms with van der Waals surface area (Å²) >= 11 is 0. The highest BCUT2D eigenvalue weighted by atomic mass is 16.5. The first-order valence-electron chi connectivity index (χ1n) is 7.64. The number of rotatable bonds is 10. The second-order valence-electron chi connectivity index (χ2n) is 4.88. The lowest BCUT2D eigenvalue weighted by atomic mass is 10.1. The van der Waals surface area contributed by atoms with Gasteiger partial charge in [-0.15, -0.1) is 0 Å². The summed E-state index contributed by atoms with van der Waals surface area (Å²) in [6.45, 7) is 5.85. The van der Waals surface area contributed by atoms with E-state index in [2.05, 4.69) is 13.8 Å². The second-order valence-corrected chi connectivity index (χ2v) is 4.88. The van der Waals surface area contributed by atoms with Crippen molar-refractivity contribution in [1.29, 1.82) is 0 Å². The number of carbonyl (C=O) groups excluding carboxylic acids is 1. The quantitative estimate of drug-likeness (QED) is 0.364. The molecule has 0 heterocycles. The maximum Gasteiger partial charge on any atom is 0.328 e. The number of carboxylic acids is 2. The molecule has 0 fully saturated rings. The molecule has 128 valence electrons. The van der Waals surface area contributed by atoms with E-state index in [4.69, 9.17) is 14.9 Å². The zero-order valence-electron chi connectivity index (χ0n) is 13.7. The van der Waals surface area contributed by atoms with Crippen molar-refractivity contribution in [1.82, 2.24) is 0 Å². The Bertz CT molecular complexity index is 333. The fraction of sp³-hybridized carbons (Fsp3) is 0.688. The minimum atomic E-state index is -1.26. The molecular weight excluding hydrogens is 288 g/mol. The molecule has 1 atom stereocenters. The van der Waals surface area contributed by atoms with Gasteiger partial charge in [0.25, 0.3) is 0 Å². The molecule has 0 spiro atoms. The summed E-state index contributed by atoms with van der Waals surface area (Å²) in [6.07, 6.45) is 9.31. The highest BCUT2D eigenvalue weighted by molar-refractivity contribution is 5.89. The third kappa shape index (κ3) is 20.5. The summed E-state index contributed by atoms with van der Waals surface area (Å²) in [5.41, 5.74) is 0. The zero-order chi connectivity index (χ0) is 17.4. The molecule has 0 rings (SSSR count). The fourth-order valence-electron chi connectivity index (χ4n) is 1.69. The molecule has 0 saturated heterocycles. The Kier molecular flexibility index (Phi) is 15.8. The van der Waals surface area contributed by atoms with Gasteiger partial charge in [-0.05, 0) is 19.3 Å². The Morgan fingerprint density at radius 3 is 1.73 bits per heavy atom. The zero-order valence-corrected chi connectivity index (χ0v) is 13.7. The molecule has 2 N–H and O–H groups in total. The summed E-state index contributed by atoms with van der Waals surface area (Å²) in [7, 11) is 0. The van der Waals surface area contributed by atoms with Gasteiger partial charge in [-0.25, -0.2) is 9.59 Å². The average Bonchev–Trinajstić information content (AvgIpc) is 2.42. The number of unbranched alkanes of at least 4 members (excludes halogenated alkanes) is 3. The third-order valence-electron chi connectivity index (χ3n) is 2.71. The Morgan fingerprint density at radius 1 is 0.909 bits per heavy atom. The van der Waals surface area contributed by atoms with Gasteiger partial charge in [-0.2, -0.15) is 0 Å². The van der Waals surface area contributed by atoms with E-state index in [0.717, 1.165) is 19.3 Å². The third-order valence-corrected chi connectivity index (χ3v) is 2.71. The van der Waals surface area contributed by atoms with Crippen LogP contribution in [-0.2, 0) is 19.1 Å². The van der Waals surface area contributed by atoms with E-state index in [1.54, 1.807) is 0 Å². The van der Waals surface area contributed by atoms with E-state index < -0.39 is 11.9 Å². The van der Waals surface area contributed by atoms with Crippen LogP contribution in [0.4, 0.5) is 0 Å². The molecule has 0 radical (unpaired) electrons. The van der Waals surface area contributed by atoms with Gasteiger partial charge in [0.15, 0.2) is 0 Å². The largest absolute Gasteiger partial charge is 0.478 e. The first-order valence-corrected chi connectivity index (χ1v) is 7.64. The maximum atomic E-state index is 10.8. The summed E-state index contributed by atoms with van der Waals surface area (Å²) < 4.78 is 5.26. The van der Waals surface area contributed by atoms with Gasteiger partial charge in [-0.1, -0.05) is 39.5 Å². The average molecular weight is 316 g/mol. The van der Waals surface area contributed by atoms with Crippen LogP contribution < -0.4 is 0 Å². The van der Waals surface area contributed by atoms with Gasteiger partial charge in [0, 0.05) is 19.1 Å². The molecule has 0 bridgehead atoms. The number of carbonyl (C=O) groups is 3. The highest BCUT2D eigenvalue weighted by Gasteiger charge is 2.10. The Morgan fingerprint density at radius 2 is 1.36 bits per heavy atom. The normalized spacial score (nSPS) is 11.4. The number of aliphatic carboxylic acids is 2. The molecule has 0 aromatic rings. The van der Waals surface area contributed by atoms with Crippen LogP contribution in [0.15, 0.2) is 12.2 Å². The van der Waals surface area contributed by atoms with Gasteiger partial charge in [0.1, 0.15) is 6.10 Å². The van der Waals surface area contributed by atoms with Crippen LogP contribution in [0.3, 0.4) is 0 Å². The van der Waals surface area contributed by atoms with Gasteiger partial charge >= 0.3 is 17.9 Å². The topological polar surface area (TPSA) is 101 Å². The van der Waals surface area contributed by atoms with Crippen molar-refractivity contribution >= 4 is 17.9 Å². The van der Waals surface area contributed by atoms with Gasteiger partial charge < -0.3 is 14.9 Å².